The Hall–Kier alpha value is -1.45. The van der Waals surface area contributed by atoms with E-state index in [0.29, 0.717) is 6.54 Å². The van der Waals surface area contributed by atoms with Gasteiger partial charge in [-0.2, -0.15) is 0 Å². The molecule has 2 rings (SSSR count). The Labute approximate surface area is 106 Å². The lowest BCUT2D eigenvalue weighted by molar-refractivity contribution is 0.0607. The van der Waals surface area contributed by atoms with E-state index >= 15 is 0 Å². The van der Waals surface area contributed by atoms with E-state index in [9.17, 15) is 13.6 Å². The molecule has 2 nitrogen and oxygen atoms in total. The maximum absolute atomic E-state index is 13.1. The molecule has 1 aliphatic heterocycles. The van der Waals surface area contributed by atoms with Gasteiger partial charge in [0.05, 0.1) is 0 Å². The van der Waals surface area contributed by atoms with Crippen molar-refractivity contribution in [2.75, 3.05) is 6.54 Å². The fourth-order valence-corrected chi connectivity index (χ4v) is 2.49. The fourth-order valence-electron chi connectivity index (χ4n) is 2.49. The van der Waals surface area contributed by atoms with Crippen LogP contribution >= 0.6 is 0 Å². The highest BCUT2D eigenvalue weighted by Crippen LogP contribution is 2.22. The van der Waals surface area contributed by atoms with Crippen molar-refractivity contribution >= 4 is 5.91 Å². The summed E-state index contributed by atoms with van der Waals surface area (Å²) in [7, 11) is 0. The second-order valence-electron chi connectivity index (χ2n) is 4.69. The van der Waals surface area contributed by atoms with Gasteiger partial charge in [0, 0.05) is 18.2 Å². The molecule has 98 valence electrons. The number of rotatable bonds is 2. The number of halogens is 2. The van der Waals surface area contributed by atoms with Crippen molar-refractivity contribution in [1.29, 1.82) is 0 Å². The van der Waals surface area contributed by atoms with Gasteiger partial charge in [0.1, 0.15) is 0 Å². The van der Waals surface area contributed by atoms with Crippen LogP contribution in [0.25, 0.3) is 0 Å². The largest absolute Gasteiger partial charge is 0.336 e. The summed E-state index contributed by atoms with van der Waals surface area (Å²) in [6, 6.07) is 3.56. The lowest BCUT2D eigenvalue weighted by atomic mass is 9.99. The van der Waals surface area contributed by atoms with Crippen LogP contribution in [0.2, 0.25) is 0 Å². The molecule has 1 aromatic carbocycles. The molecule has 0 N–H and O–H groups in total. The summed E-state index contributed by atoms with van der Waals surface area (Å²) in [4.78, 5) is 14.1. The van der Waals surface area contributed by atoms with E-state index in [1.165, 1.54) is 6.07 Å². The zero-order valence-electron chi connectivity index (χ0n) is 10.5. The number of benzene rings is 1. The molecular weight excluding hydrogens is 236 g/mol. The Bertz CT molecular complexity index is 447. The molecule has 1 saturated heterocycles. The van der Waals surface area contributed by atoms with Gasteiger partial charge in [-0.05, 0) is 43.9 Å². The predicted molar refractivity (Wildman–Crippen MR) is 65.3 cm³/mol. The average Bonchev–Trinajstić information content (AvgIpc) is 2.41. The molecule has 0 unspecified atom stereocenters. The minimum absolute atomic E-state index is 0.194. The minimum atomic E-state index is -0.967. The Kier molecular flexibility index (Phi) is 3.94. The van der Waals surface area contributed by atoms with Crippen molar-refractivity contribution in [3.8, 4) is 0 Å². The molecule has 0 spiro atoms. The van der Waals surface area contributed by atoms with Crippen molar-refractivity contribution in [1.82, 2.24) is 4.90 Å². The molecule has 0 saturated carbocycles. The smallest absolute Gasteiger partial charge is 0.254 e. The van der Waals surface area contributed by atoms with Crippen LogP contribution < -0.4 is 0 Å². The number of piperidine rings is 1. The number of likely N-dealkylation sites (tertiary alicyclic amines) is 1. The summed E-state index contributed by atoms with van der Waals surface area (Å²) >= 11 is 0. The highest BCUT2D eigenvalue weighted by Gasteiger charge is 2.26. The van der Waals surface area contributed by atoms with E-state index in [-0.39, 0.29) is 17.5 Å². The quantitative estimate of drug-likeness (QED) is 0.791. The van der Waals surface area contributed by atoms with E-state index < -0.39 is 11.6 Å². The van der Waals surface area contributed by atoms with Gasteiger partial charge in [-0.15, -0.1) is 0 Å². The summed E-state index contributed by atoms with van der Waals surface area (Å²) < 4.78 is 26.0. The first-order valence-corrected chi connectivity index (χ1v) is 6.39. The van der Waals surface area contributed by atoms with Crippen LogP contribution in [0.15, 0.2) is 18.2 Å². The van der Waals surface area contributed by atoms with E-state index in [2.05, 4.69) is 0 Å². The van der Waals surface area contributed by atoms with Crippen molar-refractivity contribution < 1.29 is 13.6 Å². The maximum atomic E-state index is 13.1. The highest BCUT2D eigenvalue weighted by molar-refractivity contribution is 5.94. The highest BCUT2D eigenvalue weighted by atomic mass is 19.2. The number of amides is 1. The molecule has 0 aliphatic carbocycles. The van der Waals surface area contributed by atoms with Gasteiger partial charge >= 0.3 is 0 Å². The van der Waals surface area contributed by atoms with E-state index in [1.807, 2.05) is 6.92 Å². The number of hydrogen-bond acceptors (Lipinski definition) is 1. The fraction of sp³-hybridized carbons (Fsp3) is 0.500. The maximum Gasteiger partial charge on any atom is 0.254 e. The zero-order valence-corrected chi connectivity index (χ0v) is 10.5. The monoisotopic (exact) mass is 253 g/mol. The van der Waals surface area contributed by atoms with Crippen molar-refractivity contribution in [2.45, 2.75) is 38.6 Å². The molecule has 0 bridgehead atoms. The lowest BCUT2D eigenvalue weighted by Gasteiger charge is -2.35. The lowest BCUT2D eigenvalue weighted by Crippen LogP contribution is -2.43. The molecule has 0 aromatic heterocycles. The van der Waals surface area contributed by atoms with Gasteiger partial charge in [0.15, 0.2) is 11.6 Å². The summed E-state index contributed by atoms with van der Waals surface area (Å²) in [5, 5.41) is 0. The second-order valence-corrected chi connectivity index (χ2v) is 4.69. The third-order valence-electron chi connectivity index (χ3n) is 3.53. The molecule has 1 aromatic rings. The molecule has 1 atom stereocenters. The summed E-state index contributed by atoms with van der Waals surface area (Å²) in [5.74, 6) is -2.08. The van der Waals surface area contributed by atoms with Gasteiger partial charge in [0.25, 0.3) is 5.91 Å². The van der Waals surface area contributed by atoms with Crippen LogP contribution in [0, 0.1) is 11.6 Å². The molecule has 0 radical (unpaired) electrons. The van der Waals surface area contributed by atoms with Crippen molar-refractivity contribution in [3.05, 3.63) is 35.4 Å². The molecule has 4 heteroatoms. The molecule has 1 aliphatic rings. The van der Waals surface area contributed by atoms with E-state index in [4.69, 9.17) is 0 Å². The van der Waals surface area contributed by atoms with E-state index in [1.54, 1.807) is 4.90 Å². The van der Waals surface area contributed by atoms with Crippen molar-refractivity contribution in [2.24, 2.45) is 0 Å². The Morgan fingerprint density at radius 3 is 2.78 bits per heavy atom. The number of nitrogens with zero attached hydrogens (tertiary/aromatic N) is 1. The molecule has 18 heavy (non-hydrogen) atoms. The molecule has 1 amide bonds. The number of carbonyl (C=O) groups is 1. The second kappa shape index (κ2) is 5.46. The normalized spacial score (nSPS) is 19.9. The van der Waals surface area contributed by atoms with Gasteiger partial charge in [-0.1, -0.05) is 6.92 Å². The third-order valence-corrected chi connectivity index (χ3v) is 3.53. The zero-order chi connectivity index (χ0) is 13.1. The number of carbonyl (C=O) groups excluding carboxylic acids is 1. The van der Waals surface area contributed by atoms with Crippen LogP contribution in [-0.2, 0) is 0 Å². The van der Waals surface area contributed by atoms with Crippen molar-refractivity contribution in [3.63, 3.8) is 0 Å². The molecule has 1 fully saturated rings. The molecule has 1 heterocycles. The molecular formula is C14H17F2NO. The SMILES string of the molecule is CC[C@@H]1CCCCN1C(=O)c1ccc(F)c(F)c1. The Balaban J connectivity index is 2.21. The van der Waals surface area contributed by atoms with Crippen LogP contribution in [-0.4, -0.2) is 23.4 Å². The third kappa shape index (κ3) is 2.52. The van der Waals surface area contributed by atoms with Crippen LogP contribution in [0.5, 0.6) is 0 Å². The van der Waals surface area contributed by atoms with Crippen LogP contribution in [0.1, 0.15) is 43.0 Å². The summed E-state index contributed by atoms with van der Waals surface area (Å²) in [6.45, 7) is 2.75. The van der Waals surface area contributed by atoms with Gasteiger partial charge in [-0.3, -0.25) is 4.79 Å². The summed E-state index contributed by atoms with van der Waals surface area (Å²) in [6.07, 6.45) is 3.99. The first-order valence-electron chi connectivity index (χ1n) is 6.39. The Morgan fingerprint density at radius 1 is 1.33 bits per heavy atom. The van der Waals surface area contributed by atoms with Crippen LogP contribution in [0.4, 0.5) is 8.78 Å². The predicted octanol–water partition coefficient (Wildman–Crippen LogP) is 3.37. The summed E-state index contributed by atoms with van der Waals surface area (Å²) in [5.41, 5.74) is 0.231. The van der Waals surface area contributed by atoms with E-state index in [0.717, 1.165) is 37.8 Å². The van der Waals surface area contributed by atoms with Gasteiger partial charge in [-0.25, -0.2) is 8.78 Å². The standard InChI is InChI=1S/C14H17F2NO/c1-2-11-5-3-4-8-17(11)14(18)10-6-7-12(15)13(16)9-10/h6-7,9,11H,2-5,8H2,1H3/t11-/m1/s1. The topological polar surface area (TPSA) is 20.3 Å². The number of hydrogen-bond donors (Lipinski definition) is 0. The first-order chi connectivity index (χ1) is 8.63. The minimum Gasteiger partial charge on any atom is -0.336 e. The van der Waals surface area contributed by atoms with Gasteiger partial charge in [0.2, 0.25) is 0 Å². The average molecular weight is 253 g/mol. The Morgan fingerprint density at radius 2 is 2.11 bits per heavy atom. The first kappa shape index (κ1) is 13.0. The van der Waals surface area contributed by atoms with Crippen LogP contribution in [0.3, 0.4) is 0 Å². The van der Waals surface area contributed by atoms with Gasteiger partial charge < -0.3 is 4.90 Å².